The molecule has 0 aromatic rings. The number of hydrogen-bond donors (Lipinski definition) is 2. The third-order valence-electron chi connectivity index (χ3n) is 3.71. The van der Waals surface area contributed by atoms with Gasteiger partial charge in [-0.05, 0) is 46.5 Å². The Bertz CT molecular complexity index is 336. The maximum Gasteiger partial charge on any atom is 0.410 e. The normalized spacial score (nSPS) is 28.3. The van der Waals surface area contributed by atoms with Crippen LogP contribution in [0.2, 0.25) is 0 Å². The van der Waals surface area contributed by atoms with Crippen LogP contribution in [0.4, 0.5) is 4.79 Å². The van der Waals surface area contributed by atoms with Crippen molar-refractivity contribution in [3.05, 3.63) is 0 Å². The summed E-state index contributed by atoms with van der Waals surface area (Å²) in [6, 6.07) is 0.599. The minimum absolute atomic E-state index is 0.115. The minimum Gasteiger partial charge on any atom is -0.444 e. The molecule has 1 saturated carbocycles. The van der Waals surface area contributed by atoms with Crippen LogP contribution < -0.4 is 11.1 Å². The number of carbonyl (C=O) groups is 1. The summed E-state index contributed by atoms with van der Waals surface area (Å²) >= 11 is 0. The van der Waals surface area contributed by atoms with Gasteiger partial charge in [-0.25, -0.2) is 4.79 Å². The molecular weight excluding hydrogens is 242 g/mol. The Labute approximate surface area is 115 Å². The Hall–Kier alpha value is -0.810. The van der Waals surface area contributed by atoms with Gasteiger partial charge in [0.25, 0.3) is 0 Å². The fraction of sp³-hybridized carbons (Fsp3) is 0.929. The van der Waals surface area contributed by atoms with Gasteiger partial charge >= 0.3 is 6.09 Å². The fourth-order valence-electron chi connectivity index (χ4n) is 2.62. The second kappa shape index (κ2) is 5.29. The predicted molar refractivity (Wildman–Crippen MR) is 75.0 cm³/mol. The van der Waals surface area contributed by atoms with E-state index in [1.54, 1.807) is 4.90 Å². The van der Waals surface area contributed by atoms with Gasteiger partial charge in [-0.1, -0.05) is 0 Å². The predicted octanol–water partition coefficient (Wildman–Crippen LogP) is 1.47. The first-order valence-electron chi connectivity index (χ1n) is 7.29. The first kappa shape index (κ1) is 14.6. The van der Waals surface area contributed by atoms with Gasteiger partial charge in [-0.2, -0.15) is 0 Å². The lowest BCUT2D eigenvalue weighted by molar-refractivity contribution is 0.0113. The molecule has 1 unspecified atom stereocenters. The third-order valence-corrected chi connectivity index (χ3v) is 3.71. The molecule has 0 aromatic carbocycles. The molecule has 1 amide bonds. The van der Waals surface area contributed by atoms with Crippen LogP contribution >= 0.6 is 0 Å². The van der Waals surface area contributed by atoms with E-state index < -0.39 is 5.60 Å². The van der Waals surface area contributed by atoms with Crippen LogP contribution in [0.3, 0.4) is 0 Å². The highest BCUT2D eigenvalue weighted by Gasteiger charge is 2.40. The van der Waals surface area contributed by atoms with E-state index in [2.05, 4.69) is 5.32 Å². The summed E-state index contributed by atoms with van der Waals surface area (Å²) in [5.74, 6) is 0. The number of amides is 1. The number of nitrogens with two attached hydrogens (primary N) is 1. The van der Waals surface area contributed by atoms with E-state index in [1.165, 1.54) is 12.8 Å². The lowest BCUT2D eigenvalue weighted by Gasteiger charge is -2.43. The zero-order valence-corrected chi connectivity index (χ0v) is 12.4. The summed E-state index contributed by atoms with van der Waals surface area (Å²) in [6.45, 7) is 7.69. The van der Waals surface area contributed by atoms with Crippen LogP contribution in [0.5, 0.6) is 0 Å². The molecular formula is C14H27N3O2. The van der Waals surface area contributed by atoms with Gasteiger partial charge in [0.15, 0.2) is 0 Å². The zero-order valence-electron chi connectivity index (χ0n) is 12.4. The third kappa shape index (κ3) is 4.08. The summed E-state index contributed by atoms with van der Waals surface area (Å²) in [6.07, 6.45) is 4.26. The zero-order chi connectivity index (χ0) is 14.1. The van der Waals surface area contributed by atoms with Gasteiger partial charge < -0.3 is 20.7 Å². The molecule has 110 valence electrons. The van der Waals surface area contributed by atoms with Crippen LogP contribution in [-0.4, -0.2) is 47.8 Å². The smallest absolute Gasteiger partial charge is 0.410 e. The molecule has 5 heteroatoms. The minimum atomic E-state index is -0.441. The SMILES string of the molecule is CC(C)(C)OC(=O)N1CCCC(CN)(NC2CC2)C1. The fourth-order valence-corrected chi connectivity index (χ4v) is 2.62. The van der Waals surface area contributed by atoms with E-state index in [1.807, 2.05) is 20.8 Å². The van der Waals surface area contributed by atoms with E-state index in [0.717, 1.165) is 19.4 Å². The van der Waals surface area contributed by atoms with Gasteiger partial charge in [0.1, 0.15) is 5.60 Å². The van der Waals surface area contributed by atoms with E-state index in [-0.39, 0.29) is 11.6 Å². The maximum atomic E-state index is 12.2. The van der Waals surface area contributed by atoms with Crippen molar-refractivity contribution in [2.75, 3.05) is 19.6 Å². The monoisotopic (exact) mass is 269 g/mol. The molecule has 0 radical (unpaired) electrons. The van der Waals surface area contributed by atoms with E-state index in [0.29, 0.717) is 19.1 Å². The summed E-state index contributed by atoms with van der Waals surface area (Å²) in [5, 5.41) is 3.63. The van der Waals surface area contributed by atoms with Gasteiger partial charge in [0, 0.05) is 31.2 Å². The number of nitrogens with one attached hydrogen (secondary N) is 1. The Morgan fingerprint density at radius 3 is 2.68 bits per heavy atom. The Kier molecular flexibility index (Phi) is 4.06. The molecule has 1 atom stereocenters. The first-order chi connectivity index (χ1) is 8.84. The Morgan fingerprint density at radius 1 is 1.47 bits per heavy atom. The number of carbonyl (C=O) groups excluding carboxylic acids is 1. The number of hydrogen-bond acceptors (Lipinski definition) is 4. The number of nitrogens with zero attached hydrogens (tertiary/aromatic N) is 1. The molecule has 5 nitrogen and oxygen atoms in total. The first-order valence-corrected chi connectivity index (χ1v) is 7.29. The van der Waals surface area contributed by atoms with Crippen LogP contribution in [0.1, 0.15) is 46.5 Å². The summed E-state index contributed by atoms with van der Waals surface area (Å²) in [5.41, 5.74) is 5.41. The van der Waals surface area contributed by atoms with Crippen molar-refractivity contribution in [2.24, 2.45) is 5.73 Å². The highest BCUT2D eigenvalue weighted by Crippen LogP contribution is 2.28. The van der Waals surface area contributed by atoms with E-state index in [4.69, 9.17) is 10.5 Å². The van der Waals surface area contributed by atoms with Crippen molar-refractivity contribution in [3.8, 4) is 0 Å². The van der Waals surface area contributed by atoms with Crippen molar-refractivity contribution in [2.45, 2.75) is 63.6 Å². The molecule has 0 aromatic heterocycles. The molecule has 2 rings (SSSR count). The molecule has 1 aliphatic carbocycles. The summed E-state index contributed by atoms with van der Waals surface area (Å²) in [4.78, 5) is 14.0. The molecule has 3 N–H and O–H groups in total. The second-order valence-electron chi connectivity index (χ2n) is 6.91. The Morgan fingerprint density at radius 2 is 2.16 bits per heavy atom. The van der Waals surface area contributed by atoms with Crippen molar-refractivity contribution in [3.63, 3.8) is 0 Å². The average Bonchev–Trinajstić information content (AvgIpc) is 3.11. The van der Waals surface area contributed by atoms with E-state index in [9.17, 15) is 4.79 Å². The van der Waals surface area contributed by atoms with Gasteiger partial charge in [0.2, 0.25) is 0 Å². The number of ether oxygens (including phenoxy) is 1. The van der Waals surface area contributed by atoms with Crippen LogP contribution in [0.15, 0.2) is 0 Å². The lowest BCUT2D eigenvalue weighted by Crippen LogP contribution is -2.62. The maximum absolute atomic E-state index is 12.2. The highest BCUT2D eigenvalue weighted by molar-refractivity contribution is 5.68. The van der Waals surface area contributed by atoms with E-state index >= 15 is 0 Å². The standard InChI is InChI=1S/C14H27N3O2/c1-13(2,3)19-12(18)17-8-4-7-14(9-15,10-17)16-11-5-6-11/h11,16H,4-10,15H2,1-3H3. The highest BCUT2D eigenvalue weighted by atomic mass is 16.6. The van der Waals surface area contributed by atoms with Crippen LogP contribution in [0.25, 0.3) is 0 Å². The van der Waals surface area contributed by atoms with Crippen molar-refractivity contribution < 1.29 is 9.53 Å². The van der Waals surface area contributed by atoms with Crippen LogP contribution in [0, 0.1) is 0 Å². The summed E-state index contributed by atoms with van der Waals surface area (Å²) in [7, 11) is 0. The molecule has 0 bridgehead atoms. The van der Waals surface area contributed by atoms with Gasteiger partial charge in [-0.3, -0.25) is 0 Å². The number of likely N-dealkylation sites (tertiary alicyclic amines) is 1. The molecule has 2 fully saturated rings. The largest absolute Gasteiger partial charge is 0.444 e. The Balaban J connectivity index is 1.96. The molecule has 1 aliphatic heterocycles. The molecule has 2 aliphatic rings. The molecule has 1 saturated heterocycles. The quantitative estimate of drug-likeness (QED) is 0.814. The number of rotatable bonds is 3. The van der Waals surface area contributed by atoms with Crippen LogP contribution in [-0.2, 0) is 4.74 Å². The topological polar surface area (TPSA) is 67.6 Å². The second-order valence-corrected chi connectivity index (χ2v) is 6.91. The molecule has 1 heterocycles. The lowest BCUT2D eigenvalue weighted by atomic mass is 9.89. The van der Waals surface area contributed by atoms with Crippen molar-refractivity contribution >= 4 is 6.09 Å². The van der Waals surface area contributed by atoms with Gasteiger partial charge in [-0.15, -0.1) is 0 Å². The molecule has 19 heavy (non-hydrogen) atoms. The summed E-state index contributed by atoms with van der Waals surface area (Å²) < 4.78 is 5.45. The van der Waals surface area contributed by atoms with Gasteiger partial charge in [0.05, 0.1) is 0 Å². The number of piperidine rings is 1. The average molecular weight is 269 g/mol. The van der Waals surface area contributed by atoms with Crippen molar-refractivity contribution in [1.82, 2.24) is 10.2 Å². The van der Waals surface area contributed by atoms with Crippen molar-refractivity contribution in [1.29, 1.82) is 0 Å². The molecule has 0 spiro atoms.